The molecule has 1 aliphatic carbocycles. The van der Waals surface area contributed by atoms with Crippen LogP contribution in [0.1, 0.15) is 53.9 Å². The lowest BCUT2D eigenvalue weighted by molar-refractivity contribution is -0.138. The molecule has 0 spiro atoms. The van der Waals surface area contributed by atoms with Crippen molar-refractivity contribution in [3.63, 3.8) is 0 Å². The molecule has 4 rings (SSSR count). The average molecular weight is 469 g/mol. The van der Waals surface area contributed by atoms with Crippen molar-refractivity contribution in [2.45, 2.75) is 38.0 Å². The molecule has 11 nitrogen and oxygen atoms in total. The Hall–Kier alpha value is -3.89. The maximum Gasteiger partial charge on any atom is 0.322 e. The van der Waals surface area contributed by atoms with Gasteiger partial charge in [-0.25, -0.2) is 0 Å². The van der Waals surface area contributed by atoms with E-state index in [0.29, 0.717) is 11.6 Å². The number of carbonyl (C=O) groups excluding carboxylic acids is 1. The van der Waals surface area contributed by atoms with Gasteiger partial charge in [0.15, 0.2) is 0 Å². The second kappa shape index (κ2) is 9.94. The van der Waals surface area contributed by atoms with Crippen molar-refractivity contribution in [3.05, 3.63) is 35.4 Å². The van der Waals surface area contributed by atoms with E-state index in [1.54, 1.807) is 4.90 Å². The number of ether oxygens (including phenoxy) is 1. The lowest BCUT2D eigenvalue weighted by Gasteiger charge is -2.28. The second-order valence-electron chi connectivity index (χ2n) is 8.57. The number of carbonyl (C=O) groups is 3. The summed E-state index contributed by atoms with van der Waals surface area (Å²) < 4.78 is 5.63. The molecule has 0 unspecified atom stereocenters. The Morgan fingerprint density at radius 3 is 2.44 bits per heavy atom. The van der Waals surface area contributed by atoms with E-state index in [4.69, 9.17) is 20.7 Å². The first-order valence-corrected chi connectivity index (χ1v) is 11.2. The Morgan fingerprint density at radius 2 is 1.79 bits per heavy atom. The van der Waals surface area contributed by atoms with Crippen molar-refractivity contribution in [2.75, 3.05) is 35.6 Å². The summed E-state index contributed by atoms with van der Waals surface area (Å²) in [4.78, 5) is 44.7. The van der Waals surface area contributed by atoms with E-state index in [1.807, 2.05) is 24.3 Å². The van der Waals surface area contributed by atoms with Crippen LogP contribution in [0.25, 0.3) is 0 Å². The predicted molar refractivity (Wildman–Crippen MR) is 123 cm³/mol. The fourth-order valence-corrected chi connectivity index (χ4v) is 4.59. The third-order valence-corrected chi connectivity index (χ3v) is 6.30. The Labute approximate surface area is 195 Å². The third kappa shape index (κ3) is 5.19. The number of nitrogens with zero attached hydrogens (tertiary/aromatic N) is 3. The third-order valence-electron chi connectivity index (χ3n) is 6.30. The normalized spacial score (nSPS) is 20.1. The summed E-state index contributed by atoms with van der Waals surface area (Å²) in [5, 5.41) is 20.3. The summed E-state index contributed by atoms with van der Waals surface area (Å²) >= 11 is 0. The summed E-state index contributed by atoms with van der Waals surface area (Å²) in [6.07, 6.45) is 3.94. The quantitative estimate of drug-likeness (QED) is 0.472. The smallest absolute Gasteiger partial charge is 0.322 e. The van der Waals surface area contributed by atoms with Crippen LogP contribution >= 0.6 is 0 Å². The van der Waals surface area contributed by atoms with Gasteiger partial charge in [0.25, 0.3) is 5.91 Å². The number of carboxylic acid groups (broad SMARTS) is 2. The van der Waals surface area contributed by atoms with Gasteiger partial charge in [-0.1, -0.05) is 12.1 Å². The molecule has 180 valence electrons. The molecule has 0 bridgehead atoms. The van der Waals surface area contributed by atoms with Crippen molar-refractivity contribution in [1.29, 1.82) is 0 Å². The monoisotopic (exact) mass is 469 g/mol. The molecular formula is C23H27N5O6. The average Bonchev–Trinajstić information content (AvgIpc) is 2.97. The molecule has 1 saturated carbocycles. The van der Waals surface area contributed by atoms with Crippen LogP contribution in [0.2, 0.25) is 0 Å². The highest BCUT2D eigenvalue weighted by atomic mass is 16.5. The Morgan fingerprint density at radius 1 is 1.09 bits per heavy atom. The van der Waals surface area contributed by atoms with Crippen molar-refractivity contribution >= 4 is 35.3 Å². The molecule has 0 atom stereocenters. The predicted octanol–water partition coefficient (Wildman–Crippen LogP) is 2.34. The van der Waals surface area contributed by atoms with Gasteiger partial charge in [0, 0.05) is 12.1 Å². The maximum absolute atomic E-state index is 13.3. The van der Waals surface area contributed by atoms with Crippen LogP contribution in [0, 0.1) is 5.92 Å². The number of hydrogen-bond acceptors (Lipinski definition) is 8. The lowest BCUT2D eigenvalue weighted by atomic mass is 9.77. The summed E-state index contributed by atoms with van der Waals surface area (Å²) in [6.45, 7) is 0.0704. The minimum Gasteiger partial charge on any atom is -0.481 e. The zero-order valence-corrected chi connectivity index (χ0v) is 18.6. The zero-order valence-electron chi connectivity index (χ0n) is 18.6. The highest BCUT2D eigenvalue weighted by Gasteiger charge is 2.30. The summed E-state index contributed by atoms with van der Waals surface area (Å²) in [6, 6.07) is 7.80. The first-order valence-electron chi connectivity index (χ1n) is 11.2. The van der Waals surface area contributed by atoms with E-state index in [0.717, 1.165) is 25.7 Å². The van der Waals surface area contributed by atoms with Crippen LogP contribution in [0.5, 0.6) is 5.88 Å². The molecule has 2 heterocycles. The van der Waals surface area contributed by atoms with Gasteiger partial charge < -0.3 is 30.9 Å². The number of benzene rings is 1. The minimum absolute atomic E-state index is 0.0163. The van der Waals surface area contributed by atoms with Gasteiger partial charge in [-0.3, -0.25) is 14.4 Å². The van der Waals surface area contributed by atoms with Crippen molar-refractivity contribution in [1.82, 2.24) is 9.97 Å². The molecule has 0 saturated heterocycles. The number of rotatable bonds is 7. The van der Waals surface area contributed by atoms with E-state index < -0.39 is 24.4 Å². The molecule has 1 fully saturated rings. The molecule has 2 aromatic rings. The number of hydrogen-bond donors (Lipinski definition) is 4. The fourth-order valence-electron chi connectivity index (χ4n) is 4.59. The van der Waals surface area contributed by atoms with Crippen LogP contribution in [0.15, 0.2) is 24.3 Å². The molecule has 1 aliphatic heterocycles. The van der Waals surface area contributed by atoms with Gasteiger partial charge in [-0.2, -0.15) is 9.97 Å². The molecular weight excluding hydrogens is 442 g/mol. The van der Waals surface area contributed by atoms with Gasteiger partial charge in [0.05, 0.1) is 6.54 Å². The highest BCUT2D eigenvalue weighted by Crippen LogP contribution is 2.38. The van der Waals surface area contributed by atoms with Crippen molar-refractivity contribution in [2.24, 2.45) is 5.92 Å². The van der Waals surface area contributed by atoms with Gasteiger partial charge >= 0.3 is 11.9 Å². The van der Waals surface area contributed by atoms with E-state index in [2.05, 4.69) is 15.3 Å². The molecule has 2 aliphatic rings. The second-order valence-corrected chi connectivity index (χ2v) is 8.57. The number of nitrogens with two attached hydrogens (primary N) is 1. The Kier molecular flexibility index (Phi) is 6.80. The Bertz CT molecular complexity index is 1080. The van der Waals surface area contributed by atoms with Crippen LogP contribution in [-0.4, -0.2) is 57.7 Å². The fraction of sp³-hybridized carbons (Fsp3) is 0.435. The van der Waals surface area contributed by atoms with Gasteiger partial charge in [-0.15, -0.1) is 0 Å². The summed E-state index contributed by atoms with van der Waals surface area (Å²) in [5.41, 5.74) is 7.92. The van der Waals surface area contributed by atoms with E-state index >= 15 is 0 Å². The largest absolute Gasteiger partial charge is 0.481 e. The highest BCUT2D eigenvalue weighted by molar-refractivity contribution is 6.10. The maximum atomic E-state index is 13.3. The standard InChI is InChI=1S/C23H27N5O6/c24-20-19-21(27-23(26-20)25-12-18(31)32)34-10-9-28(22(19)33)16-7-5-15(6-8-16)14-3-1-13(2-4-14)11-17(29)30/h5-8,13-14H,1-4,9-12H2,(H,29,30)(H,31,32)(H3,24,25,26,27). The van der Waals surface area contributed by atoms with E-state index in [-0.39, 0.29) is 48.7 Å². The number of nitrogens with one attached hydrogen (secondary N) is 1. The van der Waals surface area contributed by atoms with E-state index in [9.17, 15) is 14.4 Å². The number of carboxylic acids is 2. The molecule has 5 N–H and O–H groups in total. The first kappa shape index (κ1) is 23.3. The molecule has 11 heteroatoms. The molecule has 1 aromatic carbocycles. The van der Waals surface area contributed by atoms with Crippen molar-refractivity contribution in [3.8, 4) is 5.88 Å². The SMILES string of the molecule is Nc1nc(NCC(=O)O)nc2c1C(=O)N(c1ccc(C3CCC(CC(=O)O)CC3)cc1)CCO2. The number of aliphatic carboxylic acids is 2. The molecule has 1 aromatic heterocycles. The summed E-state index contributed by atoms with van der Waals surface area (Å²) in [5.74, 6) is -1.69. The lowest BCUT2D eigenvalue weighted by Crippen LogP contribution is -2.32. The minimum atomic E-state index is -1.09. The van der Waals surface area contributed by atoms with Gasteiger partial charge in [0.2, 0.25) is 11.8 Å². The molecule has 1 amide bonds. The number of nitrogen functional groups attached to an aromatic ring is 1. The van der Waals surface area contributed by atoms with Gasteiger partial charge in [-0.05, 0) is 55.2 Å². The number of anilines is 3. The van der Waals surface area contributed by atoms with E-state index in [1.165, 1.54) is 5.56 Å². The number of fused-ring (bicyclic) bond motifs is 1. The Balaban J connectivity index is 1.47. The first-order chi connectivity index (χ1) is 16.3. The van der Waals surface area contributed by atoms with Crippen LogP contribution in [0.3, 0.4) is 0 Å². The van der Waals surface area contributed by atoms with Crippen LogP contribution in [-0.2, 0) is 9.59 Å². The van der Waals surface area contributed by atoms with Crippen LogP contribution in [0.4, 0.5) is 17.5 Å². The van der Waals surface area contributed by atoms with Crippen molar-refractivity contribution < 1.29 is 29.3 Å². The summed E-state index contributed by atoms with van der Waals surface area (Å²) in [7, 11) is 0. The topological polar surface area (TPSA) is 168 Å². The number of amides is 1. The number of aromatic nitrogens is 2. The van der Waals surface area contributed by atoms with Crippen LogP contribution < -0.4 is 20.7 Å². The van der Waals surface area contributed by atoms with Gasteiger partial charge in [0.1, 0.15) is 24.5 Å². The zero-order chi connectivity index (χ0) is 24.2. The molecule has 0 radical (unpaired) electrons. The molecule has 34 heavy (non-hydrogen) atoms.